The maximum Gasteiger partial charge on any atom is 0.0711 e. The Morgan fingerprint density at radius 3 is 1.75 bits per heavy atom. The van der Waals surface area contributed by atoms with Crippen LogP contribution in [0.15, 0.2) is 91.0 Å². The summed E-state index contributed by atoms with van der Waals surface area (Å²) in [7, 11) is 0. The van der Waals surface area contributed by atoms with Crippen molar-refractivity contribution in [2.75, 3.05) is 0 Å². The predicted molar refractivity (Wildman–Crippen MR) is 134 cm³/mol. The summed E-state index contributed by atoms with van der Waals surface area (Å²) in [4.78, 5) is 0. The maximum atomic E-state index is 11.3. The van der Waals surface area contributed by atoms with E-state index in [1.807, 2.05) is 18.2 Å². The largest absolute Gasteiger partial charge is 0.391 e. The van der Waals surface area contributed by atoms with Gasteiger partial charge in [-0.1, -0.05) is 105 Å². The number of benzene rings is 3. The normalized spacial score (nSPS) is 15.3. The number of nitrogens with two attached hydrogens (primary N) is 1. The standard InChI is InChI=1S/C29H38N2O/c1-22(2)18-26(30)21-29(32)28(20-24-14-8-4-9-15-24)31-27(25-16-10-5-11-17-25)19-23-12-6-3-7-13-23/h3-17,22,26-29,31-32H,18-21,30H2,1-2H3. The number of rotatable bonds is 12. The fourth-order valence-corrected chi connectivity index (χ4v) is 4.42. The van der Waals surface area contributed by atoms with E-state index in [1.165, 1.54) is 16.7 Å². The maximum absolute atomic E-state index is 11.3. The van der Waals surface area contributed by atoms with Crippen molar-refractivity contribution >= 4 is 0 Å². The molecule has 3 nitrogen and oxygen atoms in total. The minimum atomic E-state index is -0.522. The van der Waals surface area contributed by atoms with Gasteiger partial charge in [0.25, 0.3) is 0 Å². The Kier molecular flexibility index (Phi) is 9.48. The van der Waals surface area contributed by atoms with E-state index >= 15 is 0 Å². The first-order valence-corrected chi connectivity index (χ1v) is 11.8. The molecule has 0 fully saturated rings. The summed E-state index contributed by atoms with van der Waals surface area (Å²) in [6.45, 7) is 4.36. The van der Waals surface area contributed by atoms with Crippen LogP contribution in [-0.4, -0.2) is 23.3 Å². The summed E-state index contributed by atoms with van der Waals surface area (Å²) < 4.78 is 0. The van der Waals surface area contributed by atoms with E-state index in [0.717, 1.165) is 19.3 Å². The molecule has 4 atom stereocenters. The van der Waals surface area contributed by atoms with Gasteiger partial charge in [-0.3, -0.25) is 0 Å². The zero-order valence-electron chi connectivity index (χ0n) is 19.4. The van der Waals surface area contributed by atoms with E-state index in [4.69, 9.17) is 5.73 Å². The number of hydrogen-bond donors (Lipinski definition) is 3. The molecule has 3 heteroatoms. The molecule has 0 saturated heterocycles. The summed E-state index contributed by atoms with van der Waals surface area (Å²) in [5, 5.41) is 15.1. The Hall–Kier alpha value is -2.46. The molecule has 0 saturated carbocycles. The van der Waals surface area contributed by atoms with Crippen LogP contribution in [0.25, 0.3) is 0 Å². The summed E-state index contributed by atoms with van der Waals surface area (Å²) in [5.41, 5.74) is 10.1. The smallest absolute Gasteiger partial charge is 0.0711 e. The second kappa shape index (κ2) is 12.5. The molecule has 0 heterocycles. The van der Waals surface area contributed by atoms with Crippen LogP contribution in [0.3, 0.4) is 0 Å². The van der Waals surface area contributed by atoms with E-state index in [0.29, 0.717) is 12.3 Å². The molecule has 0 bridgehead atoms. The third-order valence-electron chi connectivity index (χ3n) is 5.98. The van der Waals surface area contributed by atoms with Gasteiger partial charge in [0, 0.05) is 18.1 Å². The van der Waals surface area contributed by atoms with Crippen LogP contribution in [0.1, 0.15) is 49.4 Å². The minimum Gasteiger partial charge on any atom is -0.391 e. The van der Waals surface area contributed by atoms with Crippen molar-refractivity contribution in [3.8, 4) is 0 Å². The molecule has 3 aromatic carbocycles. The first-order valence-electron chi connectivity index (χ1n) is 11.8. The molecule has 3 aromatic rings. The number of aliphatic hydroxyl groups is 1. The van der Waals surface area contributed by atoms with Crippen LogP contribution in [0.5, 0.6) is 0 Å². The Morgan fingerprint density at radius 1 is 0.719 bits per heavy atom. The average Bonchev–Trinajstić information content (AvgIpc) is 2.79. The van der Waals surface area contributed by atoms with Gasteiger partial charge in [0.1, 0.15) is 0 Å². The van der Waals surface area contributed by atoms with E-state index < -0.39 is 6.10 Å². The highest BCUT2D eigenvalue weighted by atomic mass is 16.3. The van der Waals surface area contributed by atoms with E-state index in [9.17, 15) is 5.11 Å². The van der Waals surface area contributed by atoms with Gasteiger partial charge in [-0.05, 0) is 48.3 Å². The van der Waals surface area contributed by atoms with Crippen molar-refractivity contribution in [3.63, 3.8) is 0 Å². The molecule has 32 heavy (non-hydrogen) atoms. The zero-order chi connectivity index (χ0) is 22.8. The molecular formula is C29H38N2O. The average molecular weight is 431 g/mol. The summed E-state index contributed by atoms with van der Waals surface area (Å²) in [6, 6.07) is 31.5. The highest BCUT2D eigenvalue weighted by molar-refractivity contribution is 5.24. The number of hydrogen-bond acceptors (Lipinski definition) is 3. The lowest BCUT2D eigenvalue weighted by molar-refractivity contribution is 0.102. The molecule has 0 aliphatic rings. The first kappa shape index (κ1) is 24.2. The lowest BCUT2D eigenvalue weighted by atomic mass is 9.91. The van der Waals surface area contributed by atoms with Crippen LogP contribution in [0, 0.1) is 5.92 Å². The molecule has 0 aliphatic carbocycles. The Labute approximate surface area is 193 Å². The molecule has 3 rings (SSSR count). The van der Waals surface area contributed by atoms with Crippen LogP contribution in [0.2, 0.25) is 0 Å². The molecule has 0 amide bonds. The van der Waals surface area contributed by atoms with Gasteiger partial charge in [0.05, 0.1) is 6.10 Å². The van der Waals surface area contributed by atoms with E-state index in [-0.39, 0.29) is 18.1 Å². The number of nitrogens with one attached hydrogen (secondary N) is 1. The van der Waals surface area contributed by atoms with Crippen molar-refractivity contribution in [2.24, 2.45) is 11.7 Å². The van der Waals surface area contributed by atoms with E-state index in [2.05, 4.69) is 92.0 Å². The van der Waals surface area contributed by atoms with Crippen LogP contribution in [-0.2, 0) is 12.8 Å². The van der Waals surface area contributed by atoms with Crippen LogP contribution < -0.4 is 11.1 Å². The second-order valence-corrected chi connectivity index (χ2v) is 9.31. The third kappa shape index (κ3) is 7.90. The van der Waals surface area contributed by atoms with Gasteiger partial charge in [0.2, 0.25) is 0 Å². The van der Waals surface area contributed by atoms with Gasteiger partial charge in [-0.2, -0.15) is 0 Å². The molecule has 0 spiro atoms. The fraction of sp³-hybridized carbons (Fsp3) is 0.379. The Balaban J connectivity index is 1.82. The Morgan fingerprint density at radius 2 is 1.22 bits per heavy atom. The summed E-state index contributed by atoms with van der Waals surface area (Å²) in [5.74, 6) is 0.521. The first-order chi connectivity index (χ1) is 15.5. The highest BCUT2D eigenvalue weighted by Crippen LogP contribution is 2.22. The molecule has 170 valence electrons. The monoisotopic (exact) mass is 430 g/mol. The fourth-order valence-electron chi connectivity index (χ4n) is 4.42. The van der Waals surface area contributed by atoms with Crippen molar-refractivity contribution in [2.45, 2.75) is 63.8 Å². The highest BCUT2D eigenvalue weighted by Gasteiger charge is 2.26. The van der Waals surface area contributed by atoms with Gasteiger partial charge in [0.15, 0.2) is 0 Å². The van der Waals surface area contributed by atoms with Crippen LogP contribution in [0.4, 0.5) is 0 Å². The lowest BCUT2D eigenvalue weighted by Crippen LogP contribution is -2.46. The van der Waals surface area contributed by atoms with Gasteiger partial charge < -0.3 is 16.2 Å². The molecule has 4 unspecified atom stereocenters. The second-order valence-electron chi connectivity index (χ2n) is 9.31. The number of aliphatic hydroxyl groups excluding tert-OH is 1. The summed E-state index contributed by atoms with van der Waals surface area (Å²) in [6.07, 6.45) is 2.61. The Bertz CT molecular complexity index is 883. The van der Waals surface area contributed by atoms with Crippen LogP contribution >= 0.6 is 0 Å². The molecule has 0 aromatic heterocycles. The molecule has 0 radical (unpaired) electrons. The van der Waals surface area contributed by atoms with Gasteiger partial charge in [-0.15, -0.1) is 0 Å². The lowest BCUT2D eigenvalue weighted by Gasteiger charge is -2.31. The molecular weight excluding hydrogens is 392 g/mol. The predicted octanol–water partition coefficient (Wildman–Crippen LogP) is 5.30. The zero-order valence-corrected chi connectivity index (χ0v) is 19.4. The SMILES string of the molecule is CC(C)CC(N)CC(O)C(Cc1ccccc1)NC(Cc1ccccc1)c1ccccc1. The third-order valence-corrected chi connectivity index (χ3v) is 5.98. The summed E-state index contributed by atoms with van der Waals surface area (Å²) >= 11 is 0. The van der Waals surface area contributed by atoms with Gasteiger partial charge >= 0.3 is 0 Å². The van der Waals surface area contributed by atoms with Crippen molar-refractivity contribution < 1.29 is 5.11 Å². The molecule has 4 N–H and O–H groups in total. The minimum absolute atomic E-state index is 0.00521. The quantitative estimate of drug-likeness (QED) is 0.366. The molecule has 0 aliphatic heterocycles. The van der Waals surface area contributed by atoms with Crippen molar-refractivity contribution in [1.82, 2.24) is 5.32 Å². The van der Waals surface area contributed by atoms with E-state index in [1.54, 1.807) is 0 Å². The van der Waals surface area contributed by atoms with Crippen molar-refractivity contribution in [3.05, 3.63) is 108 Å². The topological polar surface area (TPSA) is 58.3 Å². The van der Waals surface area contributed by atoms with Gasteiger partial charge in [-0.25, -0.2) is 0 Å². The van der Waals surface area contributed by atoms with Crippen molar-refractivity contribution in [1.29, 1.82) is 0 Å².